The van der Waals surface area contributed by atoms with Crippen molar-refractivity contribution in [2.75, 3.05) is 39.3 Å². The van der Waals surface area contributed by atoms with Crippen molar-refractivity contribution in [3.63, 3.8) is 0 Å². The van der Waals surface area contributed by atoms with E-state index in [0.717, 1.165) is 13.1 Å². The van der Waals surface area contributed by atoms with Crippen molar-refractivity contribution < 1.29 is 9.53 Å². The van der Waals surface area contributed by atoms with Gasteiger partial charge in [0, 0.05) is 32.1 Å². The van der Waals surface area contributed by atoms with E-state index >= 15 is 0 Å². The van der Waals surface area contributed by atoms with E-state index < -0.39 is 0 Å². The molecule has 0 radical (unpaired) electrons. The van der Waals surface area contributed by atoms with E-state index in [-0.39, 0.29) is 12.0 Å². The molecule has 132 valence electrons. The number of ether oxygens (including phenoxy) is 1. The van der Waals surface area contributed by atoms with Crippen LogP contribution in [0.1, 0.15) is 17.0 Å². The van der Waals surface area contributed by atoms with Crippen molar-refractivity contribution in [2.24, 2.45) is 0 Å². The zero-order chi connectivity index (χ0) is 17.9. The molecule has 1 saturated heterocycles. The molecule has 0 aromatic heterocycles. The van der Waals surface area contributed by atoms with Crippen molar-refractivity contribution in [1.82, 2.24) is 9.80 Å². The first-order valence-corrected chi connectivity index (χ1v) is 9.03. The highest BCUT2D eigenvalue weighted by molar-refractivity contribution is 5.79. The Bertz CT molecular complexity index is 802. The van der Waals surface area contributed by atoms with Gasteiger partial charge in [0.2, 0.25) is 0 Å². The predicted molar refractivity (Wildman–Crippen MR) is 102 cm³/mol. The second-order valence-corrected chi connectivity index (χ2v) is 6.77. The Morgan fingerprint density at radius 3 is 2.15 bits per heavy atom. The maximum absolute atomic E-state index is 12.5. The Morgan fingerprint density at radius 2 is 1.58 bits per heavy atom. The molecule has 0 spiro atoms. The third-order valence-corrected chi connectivity index (χ3v) is 5.28. The summed E-state index contributed by atoms with van der Waals surface area (Å²) in [6, 6.07) is 16.7. The molecule has 1 aliphatic heterocycles. The van der Waals surface area contributed by atoms with Crippen LogP contribution in [0.3, 0.4) is 0 Å². The van der Waals surface area contributed by atoms with Crippen LogP contribution in [0.5, 0.6) is 0 Å². The number of carbonyl (C=O) groups is 1. The fourth-order valence-corrected chi connectivity index (χ4v) is 3.90. The number of nitrogens with zero attached hydrogens (tertiary/aromatic N) is 2. The second kappa shape index (κ2) is 7.23. The van der Waals surface area contributed by atoms with Gasteiger partial charge in [-0.1, -0.05) is 54.5 Å². The molecule has 4 nitrogen and oxygen atoms in total. The van der Waals surface area contributed by atoms with Crippen LogP contribution in [0.25, 0.3) is 11.1 Å². The summed E-state index contributed by atoms with van der Waals surface area (Å²) < 4.78 is 5.70. The van der Waals surface area contributed by atoms with Gasteiger partial charge in [0.05, 0.1) is 6.54 Å². The second-order valence-electron chi connectivity index (χ2n) is 6.77. The average molecular weight is 346 g/mol. The fraction of sp³-hybridized carbons (Fsp3) is 0.318. The molecule has 2 aliphatic rings. The molecule has 0 saturated carbocycles. The van der Waals surface area contributed by atoms with Crippen molar-refractivity contribution in [1.29, 1.82) is 0 Å². The lowest BCUT2D eigenvalue weighted by molar-refractivity contribution is 0.0775. The maximum atomic E-state index is 12.5. The molecule has 2 aromatic carbocycles. The van der Waals surface area contributed by atoms with Crippen molar-refractivity contribution in [3.05, 3.63) is 59.7 Å². The molecule has 0 unspecified atom stereocenters. The van der Waals surface area contributed by atoms with Gasteiger partial charge in [0.15, 0.2) is 0 Å². The van der Waals surface area contributed by atoms with E-state index in [1.54, 1.807) is 4.90 Å². The number of rotatable bonds is 3. The van der Waals surface area contributed by atoms with Crippen LogP contribution in [-0.2, 0) is 4.74 Å². The first kappa shape index (κ1) is 16.7. The molecular weight excluding hydrogens is 324 g/mol. The number of benzene rings is 2. The number of hydrogen-bond donors (Lipinski definition) is 0. The molecule has 0 atom stereocenters. The molecule has 0 N–H and O–H groups in total. The maximum Gasteiger partial charge on any atom is 0.409 e. The molecule has 26 heavy (non-hydrogen) atoms. The Kier molecular flexibility index (Phi) is 4.64. The first-order valence-electron chi connectivity index (χ1n) is 9.03. The number of piperazine rings is 1. The van der Waals surface area contributed by atoms with E-state index in [1.165, 1.54) is 22.3 Å². The number of carbonyl (C=O) groups excluding carboxylic acids is 1. The third kappa shape index (κ3) is 3.07. The molecule has 2 aromatic rings. The van der Waals surface area contributed by atoms with Gasteiger partial charge in [-0.2, -0.15) is 0 Å². The standard InChI is InChI=1S/C22H22N2O2/c1-2-11-23-12-14-24(15-13-23)22(25)26-16-21-19-9-5-3-7-17(19)18-8-4-6-10-20(18)21/h1,3-10,21H,11-16H2. The van der Waals surface area contributed by atoms with Gasteiger partial charge in [0.1, 0.15) is 6.61 Å². The van der Waals surface area contributed by atoms with Crippen LogP contribution < -0.4 is 0 Å². The summed E-state index contributed by atoms with van der Waals surface area (Å²) in [6.45, 7) is 3.94. The summed E-state index contributed by atoms with van der Waals surface area (Å²) in [6.07, 6.45) is 5.12. The predicted octanol–water partition coefficient (Wildman–Crippen LogP) is 3.19. The summed E-state index contributed by atoms with van der Waals surface area (Å²) in [4.78, 5) is 16.4. The van der Waals surface area contributed by atoms with E-state index in [1.807, 2.05) is 12.1 Å². The molecule has 0 bridgehead atoms. The topological polar surface area (TPSA) is 32.8 Å². The zero-order valence-corrected chi connectivity index (χ0v) is 14.7. The molecular formula is C22H22N2O2. The third-order valence-electron chi connectivity index (χ3n) is 5.28. The zero-order valence-electron chi connectivity index (χ0n) is 14.7. The highest BCUT2D eigenvalue weighted by atomic mass is 16.6. The minimum atomic E-state index is -0.229. The summed E-state index contributed by atoms with van der Waals surface area (Å²) in [7, 11) is 0. The minimum absolute atomic E-state index is 0.106. The summed E-state index contributed by atoms with van der Waals surface area (Å²) in [5.41, 5.74) is 4.96. The van der Waals surface area contributed by atoms with Crippen LogP contribution in [-0.4, -0.2) is 55.2 Å². The first-order chi connectivity index (χ1) is 12.8. The van der Waals surface area contributed by atoms with Crippen molar-refractivity contribution in [2.45, 2.75) is 5.92 Å². The lowest BCUT2D eigenvalue weighted by Crippen LogP contribution is -2.49. The van der Waals surface area contributed by atoms with Gasteiger partial charge in [-0.3, -0.25) is 4.90 Å². The lowest BCUT2D eigenvalue weighted by atomic mass is 9.98. The highest BCUT2D eigenvalue weighted by Crippen LogP contribution is 2.44. The summed E-state index contributed by atoms with van der Waals surface area (Å²) in [5.74, 6) is 2.76. The van der Waals surface area contributed by atoms with Crippen LogP contribution in [0.2, 0.25) is 0 Å². The summed E-state index contributed by atoms with van der Waals surface area (Å²) >= 11 is 0. The molecule has 1 heterocycles. The highest BCUT2D eigenvalue weighted by Gasteiger charge is 2.30. The smallest absolute Gasteiger partial charge is 0.409 e. The van der Waals surface area contributed by atoms with Crippen LogP contribution in [0.15, 0.2) is 48.5 Å². The van der Waals surface area contributed by atoms with Crippen LogP contribution in [0, 0.1) is 12.3 Å². The minimum Gasteiger partial charge on any atom is -0.448 e. The van der Waals surface area contributed by atoms with Crippen LogP contribution in [0.4, 0.5) is 4.79 Å². The van der Waals surface area contributed by atoms with Crippen molar-refractivity contribution in [3.8, 4) is 23.5 Å². The molecule has 4 rings (SSSR count). The molecule has 1 aliphatic carbocycles. The number of amides is 1. The monoisotopic (exact) mass is 346 g/mol. The van der Waals surface area contributed by atoms with Crippen molar-refractivity contribution >= 4 is 6.09 Å². The Hall–Kier alpha value is -2.77. The SMILES string of the molecule is C#CCN1CCN(C(=O)OCC2c3ccccc3-c3ccccc32)CC1. The van der Waals surface area contributed by atoms with Gasteiger partial charge < -0.3 is 9.64 Å². The van der Waals surface area contributed by atoms with E-state index in [0.29, 0.717) is 26.2 Å². The molecule has 4 heteroatoms. The van der Waals surface area contributed by atoms with Gasteiger partial charge in [0.25, 0.3) is 0 Å². The summed E-state index contributed by atoms with van der Waals surface area (Å²) in [5, 5.41) is 0. The molecule has 1 fully saturated rings. The van der Waals surface area contributed by atoms with Gasteiger partial charge in [-0.15, -0.1) is 6.42 Å². The number of hydrogen-bond acceptors (Lipinski definition) is 3. The number of fused-ring (bicyclic) bond motifs is 3. The Morgan fingerprint density at radius 1 is 1.00 bits per heavy atom. The molecule has 1 amide bonds. The van der Waals surface area contributed by atoms with E-state index in [9.17, 15) is 4.79 Å². The van der Waals surface area contributed by atoms with Crippen LogP contribution >= 0.6 is 0 Å². The van der Waals surface area contributed by atoms with E-state index in [4.69, 9.17) is 11.2 Å². The number of terminal acetylenes is 1. The Balaban J connectivity index is 1.42. The normalized spacial score (nSPS) is 16.7. The lowest BCUT2D eigenvalue weighted by Gasteiger charge is -2.33. The largest absolute Gasteiger partial charge is 0.448 e. The quantitative estimate of drug-likeness (QED) is 0.800. The average Bonchev–Trinajstić information content (AvgIpc) is 3.01. The van der Waals surface area contributed by atoms with Gasteiger partial charge in [-0.05, 0) is 22.3 Å². The van der Waals surface area contributed by atoms with E-state index in [2.05, 4.69) is 47.2 Å². The fourth-order valence-electron chi connectivity index (χ4n) is 3.90. The Labute approximate surface area is 154 Å². The van der Waals surface area contributed by atoms with Gasteiger partial charge in [-0.25, -0.2) is 4.79 Å². The van der Waals surface area contributed by atoms with Gasteiger partial charge >= 0.3 is 6.09 Å².